The second-order valence-corrected chi connectivity index (χ2v) is 17.5. The fourth-order valence-electron chi connectivity index (χ4n) is 7.91. The van der Waals surface area contributed by atoms with Crippen molar-refractivity contribution in [3.63, 3.8) is 0 Å². The Morgan fingerprint density at radius 2 is 0.850 bits per heavy atom. The highest BCUT2D eigenvalue weighted by molar-refractivity contribution is 5.82. The molecule has 0 aliphatic heterocycles. The summed E-state index contributed by atoms with van der Waals surface area (Å²) in [6.45, 7) is 4.55. The van der Waals surface area contributed by atoms with Crippen LogP contribution in [0.2, 0.25) is 0 Å². The third-order valence-electron chi connectivity index (χ3n) is 11.8. The average molecular weight is 843 g/mol. The van der Waals surface area contributed by atoms with Gasteiger partial charge in [0.1, 0.15) is 31.6 Å². The van der Waals surface area contributed by atoms with Crippen molar-refractivity contribution in [1.29, 1.82) is 0 Å². The normalized spacial score (nSPS) is 11.6. The molecule has 2 aromatic rings. The molecule has 0 spiro atoms. The van der Waals surface area contributed by atoms with E-state index in [4.69, 9.17) is 25.7 Å². The molecule has 0 bridgehead atoms. The first-order valence-corrected chi connectivity index (χ1v) is 25.1. The van der Waals surface area contributed by atoms with Gasteiger partial charge in [0.25, 0.3) is 0 Å². The van der Waals surface area contributed by atoms with Gasteiger partial charge in [-0.1, -0.05) is 219 Å². The number of nitrogen functional groups attached to an aromatic ring is 2. The molecule has 0 fully saturated rings. The van der Waals surface area contributed by atoms with Crippen LogP contribution in [0.5, 0.6) is 0 Å². The lowest BCUT2D eigenvalue weighted by Crippen LogP contribution is -2.29. The van der Waals surface area contributed by atoms with Crippen LogP contribution in [0.1, 0.15) is 245 Å². The summed E-state index contributed by atoms with van der Waals surface area (Å²) in [5.74, 6) is -0.305. The maximum atomic E-state index is 12.7. The summed E-state index contributed by atoms with van der Waals surface area (Å²) in [5.41, 5.74) is 12.6. The standard InChI is InChI=1S/C49H90N6O5/c1-3-5-7-9-11-13-15-17-19-21-23-25-27-29-31-33-35-37-44(56)58-39-43(60-42-55-41-52-46-47(50)53-49(51)54-48(46)55)40-59-45(57)38-36-34-32-30-28-26-24-22-20-18-16-14-12-10-8-6-4-2/h41,43H,3-40,42H2,1-2H3,(H4,50,51,53,54). The second kappa shape index (κ2) is 37.8. The quantitative estimate of drug-likeness (QED) is 0.0486. The molecule has 0 radical (unpaired) electrons. The summed E-state index contributed by atoms with van der Waals surface area (Å²) in [7, 11) is 0. The largest absolute Gasteiger partial charge is 0.463 e. The van der Waals surface area contributed by atoms with Gasteiger partial charge in [-0.2, -0.15) is 9.97 Å². The summed E-state index contributed by atoms with van der Waals surface area (Å²) >= 11 is 0. The van der Waals surface area contributed by atoms with Crippen molar-refractivity contribution >= 4 is 34.9 Å². The van der Waals surface area contributed by atoms with Crippen LogP contribution in [0, 0.1) is 0 Å². The summed E-state index contributed by atoms with van der Waals surface area (Å²) in [4.78, 5) is 37.8. The minimum absolute atomic E-state index is 0.0178. The molecule has 346 valence electrons. The Hall–Kier alpha value is -2.95. The highest BCUT2D eigenvalue weighted by Gasteiger charge is 2.18. The van der Waals surface area contributed by atoms with Crippen molar-refractivity contribution < 1.29 is 23.8 Å². The van der Waals surface area contributed by atoms with E-state index < -0.39 is 6.10 Å². The van der Waals surface area contributed by atoms with Gasteiger partial charge < -0.3 is 25.7 Å². The lowest BCUT2D eigenvalue weighted by atomic mass is 10.0. The minimum atomic E-state index is -0.655. The molecule has 0 atom stereocenters. The average Bonchev–Trinajstić information content (AvgIpc) is 3.65. The monoisotopic (exact) mass is 843 g/mol. The van der Waals surface area contributed by atoms with Gasteiger partial charge in [-0.05, 0) is 12.8 Å². The highest BCUT2D eigenvalue weighted by Crippen LogP contribution is 2.19. The number of carbonyl (C=O) groups excluding carboxylic acids is 2. The number of hydrogen-bond acceptors (Lipinski definition) is 10. The smallest absolute Gasteiger partial charge is 0.305 e. The Morgan fingerprint density at radius 3 is 1.20 bits per heavy atom. The number of nitrogens with two attached hydrogens (primary N) is 2. The van der Waals surface area contributed by atoms with E-state index in [0.717, 1.165) is 38.5 Å². The molecule has 0 aliphatic rings. The number of hydrogen-bond donors (Lipinski definition) is 2. The van der Waals surface area contributed by atoms with Crippen LogP contribution < -0.4 is 11.5 Å². The predicted molar refractivity (Wildman–Crippen MR) is 248 cm³/mol. The fourth-order valence-corrected chi connectivity index (χ4v) is 7.91. The van der Waals surface area contributed by atoms with Crippen LogP contribution in [0.15, 0.2) is 6.33 Å². The van der Waals surface area contributed by atoms with Gasteiger partial charge in [-0.3, -0.25) is 14.2 Å². The van der Waals surface area contributed by atoms with Gasteiger partial charge >= 0.3 is 11.9 Å². The molecule has 11 nitrogen and oxygen atoms in total. The molecule has 11 heteroatoms. The SMILES string of the molecule is CCCCCCCCCCCCCCCCCCCC(=O)OCC(COC(=O)CCCCCCCCCCCCCCCCCCC)OCn1cnc2c(N)nc(N)nc21. The third kappa shape index (κ3) is 28.6. The number of anilines is 2. The number of fused-ring (bicyclic) bond motifs is 1. The van der Waals surface area contributed by atoms with E-state index in [1.54, 1.807) is 10.9 Å². The van der Waals surface area contributed by atoms with Crippen LogP contribution in [-0.2, 0) is 30.5 Å². The number of carbonyl (C=O) groups is 2. The van der Waals surface area contributed by atoms with Crippen LogP contribution in [-0.4, -0.2) is 50.8 Å². The van der Waals surface area contributed by atoms with Gasteiger partial charge in [-0.15, -0.1) is 0 Å². The molecule has 2 aromatic heterocycles. The molecule has 0 aliphatic carbocycles. The van der Waals surface area contributed by atoms with Gasteiger partial charge in [-0.25, -0.2) is 4.98 Å². The molecule has 0 saturated heterocycles. The Kier molecular flexibility index (Phi) is 33.5. The second-order valence-electron chi connectivity index (χ2n) is 17.5. The van der Waals surface area contributed by atoms with Crippen LogP contribution in [0.25, 0.3) is 11.2 Å². The molecule has 0 saturated carbocycles. The maximum Gasteiger partial charge on any atom is 0.305 e. The van der Waals surface area contributed by atoms with Gasteiger partial charge in [0.05, 0.1) is 6.33 Å². The zero-order valence-corrected chi connectivity index (χ0v) is 38.7. The first kappa shape index (κ1) is 53.2. The van der Waals surface area contributed by atoms with E-state index in [1.165, 1.54) is 180 Å². The van der Waals surface area contributed by atoms with Crippen molar-refractivity contribution in [3.8, 4) is 0 Å². The Bertz CT molecular complexity index is 1270. The number of rotatable bonds is 43. The number of ether oxygens (including phenoxy) is 3. The number of nitrogens with zero attached hydrogens (tertiary/aromatic N) is 4. The summed E-state index contributed by atoms with van der Waals surface area (Å²) in [5, 5.41) is 0. The van der Waals surface area contributed by atoms with Crippen LogP contribution in [0.3, 0.4) is 0 Å². The zero-order valence-electron chi connectivity index (χ0n) is 38.7. The number of aromatic nitrogens is 4. The molecule has 0 aromatic carbocycles. The molecule has 60 heavy (non-hydrogen) atoms. The van der Waals surface area contributed by atoms with Crippen molar-refractivity contribution in [2.75, 3.05) is 24.7 Å². The summed E-state index contributed by atoms with van der Waals surface area (Å²) in [6, 6.07) is 0. The van der Waals surface area contributed by atoms with Crippen molar-refractivity contribution in [3.05, 3.63) is 6.33 Å². The molecule has 4 N–H and O–H groups in total. The number of esters is 2. The molecular formula is C49H90N6O5. The molecule has 2 heterocycles. The molecular weight excluding hydrogens is 753 g/mol. The summed E-state index contributed by atoms with van der Waals surface area (Å²) in [6.07, 6.45) is 45.7. The molecule has 0 amide bonds. The number of unbranched alkanes of at least 4 members (excludes halogenated alkanes) is 32. The Morgan fingerprint density at radius 1 is 0.517 bits per heavy atom. The first-order valence-electron chi connectivity index (χ1n) is 25.1. The predicted octanol–water partition coefficient (Wildman–Crippen LogP) is 13.5. The lowest BCUT2D eigenvalue weighted by Gasteiger charge is -2.18. The minimum Gasteiger partial charge on any atom is -0.463 e. The van der Waals surface area contributed by atoms with E-state index in [2.05, 4.69) is 28.8 Å². The van der Waals surface area contributed by atoms with E-state index >= 15 is 0 Å². The van der Waals surface area contributed by atoms with Crippen molar-refractivity contribution in [2.45, 2.75) is 258 Å². The zero-order chi connectivity index (χ0) is 43.1. The van der Waals surface area contributed by atoms with Crippen molar-refractivity contribution in [1.82, 2.24) is 19.5 Å². The third-order valence-corrected chi connectivity index (χ3v) is 11.8. The van der Waals surface area contributed by atoms with Crippen molar-refractivity contribution in [2.24, 2.45) is 0 Å². The van der Waals surface area contributed by atoms with E-state index in [9.17, 15) is 9.59 Å². The van der Waals surface area contributed by atoms with Gasteiger partial charge in [0.2, 0.25) is 5.95 Å². The Balaban J connectivity index is 1.57. The maximum absolute atomic E-state index is 12.7. The van der Waals surface area contributed by atoms with E-state index in [-0.39, 0.29) is 43.6 Å². The molecule has 0 unspecified atom stereocenters. The lowest BCUT2D eigenvalue weighted by molar-refractivity contribution is -0.157. The van der Waals surface area contributed by atoms with Gasteiger partial charge in [0, 0.05) is 12.8 Å². The van der Waals surface area contributed by atoms with Gasteiger partial charge in [0.15, 0.2) is 11.5 Å². The summed E-state index contributed by atoms with van der Waals surface area (Å²) < 4.78 is 19.0. The van der Waals surface area contributed by atoms with E-state index in [0.29, 0.717) is 24.0 Å². The Labute approximate surface area is 366 Å². The van der Waals surface area contributed by atoms with Crippen LogP contribution >= 0.6 is 0 Å². The fraction of sp³-hybridized carbons (Fsp3) is 0.857. The van der Waals surface area contributed by atoms with Crippen LogP contribution in [0.4, 0.5) is 11.8 Å². The first-order chi connectivity index (χ1) is 29.4. The topological polar surface area (TPSA) is 157 Å². The highest BCUT2D eigenvalue weighted by atomic mass is 16.6. The number of imidazole rings is 1. The molecule has 2 rings (SSSR count). The van der Waals surface area contributed by atoms with E-state index in [1.807, 2.05) is 0 Å².